The smallest absolute Gasteiger partial charge is 0.337 e. The van der Waals surface area contributed by atoms with Gasteiger partial charge in [-0.05, 0) is 62.1 Å². The Kier molecular flexibility index (Phi) is 7.93. The van der Waals surface area contributed by atoms with Crippen molar-refractivity contribution < 1.29 is 28.5 Å². The topological polar surface area (TPSA) is 71.1 Å². The summed E-state index contributed by atoms with van der Waals surface area (Å²) in [6.07, 6.45) is 0.629. The number of aryl methyl sites for hydroxylation is 1. The van der Waals surface area contributed by atoms with E-state index >= 15 is 0 Å². The molecule has 0 heterocycles. The number of ether oxygens (including phenoxy) is 4. The summed E-state index contributed by atoms with van der Waals surface area (Å²) in [6.45, 7) is 3.83. The number of ketones is 1. The fraction of sp³-hybridized carbons (Fsp3) is 0.440. The normalized spacial score (nSPS) is 16.8. The van der Waals surface area contributed by atoms with Gasteiger partial charge in [0.25, 0.3) is 0 Å². The second kappa shape index (κ2) is 10.5. The van der Waals surface area contributed by atoms with Gasteiger partial charge in [-0.15, -0.1) is 0 Å². The molecule has 2 unspecified atom stereocenters. The highest BCUT2D eigenvalue weighted by Gasteiger charge is 2.39. The molecule has 0 saturated carbocycles. The third kappa shape index (κ3) is 4.98. The Labute approximate surface area is 193 Å². The molecule has 0 amide bonds. The minimum atomic E-state index is -0.631. The zero-order chi connectivity index (χ0) is 23.4. The van der Waals surface area contributed by atoms with Crippen LogP contribution < -0.4 is 4.74 Å². The number of hydrogen-bond donors (Lipinski definition) is 0. The molecule has 0 radical (unpaired) electrons. The van der Waals surface area contributed by atoms with Crippen LogP contribution in [-0.4, -0.2) is 45.5 Å². The molecular formula is C25H29ClO6. The van der Waals surface area contributed by atoms with Crippen molar-refractivity contribution in [1.29, 1.82) is 0 Å². The van der Waals surface area contributed by atoms with Gasteiger partial charge in [-0.25, -0.2) is 4.79 Å². The molecule has 0 aliphatic heterocycles. The maximum Gasteiger partial charge on any atom is 0.337 e. The molecule has 2 aromatic carbocycles. The number of carbonyl (C=O) groups excluding carboxylic acids is 2. The summed E-state index contributed by atoms with van der Waals surface area (Å²) >= 11 is 6.38. The average molecular weight is 461 g/mol. The SMILES string of the molecule is COC(=O)c1ccc(C(C(OC)OC)C2CCc3cc(Cl)c(OC(C)C)cc3C2=O)cc1. The second-order valence-corrected chi connectivity index (χ2v) is 8.50. The molecule has 32 heavy (non-hydrogen) atoms. The minimum Gasteiger partial charge on any atom is -0.489 e. The second-order valence-electron chi connectivity index (χ2n) is 8.09. The Hall–Kier alpha value is -2.41. The van der Waals surface area contributed by atoms with Crippen molar-refractivity contribution in [2.75, 3.05) is 21.3 Å². The van der Waals surface area contributed by atoms with E-state index in [1.807, 2.05) is 32.0 Å². The Balaban J connectivity index is 2.00. The van der Waals surface area contributed by atoms with Crippen LogP contribution in [-0.2, 0) is 20.6 Å². The molecule has 2 aromatic rings. The average Bonchev–Trinajstić information content (AvgIpc) is 2.78. The van der Waals surface area contributed by atoms with Crippen LogP contribution in [0.1, 0.15) is 58.0 Å². The highest BCUT2D eigenvalue weighted by molar-refractivity contribution is 6.32. The van der Waals surface area contributed by atoms with E-state index in [1.165, 1.54) is 7.11 Å². The van der Waals surface area contributed by atoms with E-state index in [9.17, 15) is 9.59 Å². The number of methoxy groups -OCH3 is 3. The lowest BCUT2D eigenvalue weighted by Gasteiger charge is -2.34. The van der Waals surface area contributed by atoms with Crippen molar-refractivity contribution in [1.82, 2.24) is 0 Å². The Morgan fingerprint density at radius 2 is 1.72 bits per heavy atom. The largest absolute Gasteiger partial charge is 0.489 e. The van der Waals surface area contributed by atoms with E-state index in [1.54, 1.807) is 32.4 Å². The zero-order valence-corrected chi connectivity index (χ0v) is 19.8. The zero-order valence-electron chi connectivity index (χ0n) is 19.0. The van der Waals surface area contributed by atoms with Gasteiger partial charge in [0.05, 0.1) is 23.8 Å². The Morgan fingerprint density at radius 1 is 1.06 bits per heavy atom. The van der Waals surface area contributed by atoms with E-state index in [-0.39, 0.29) is 23.7 Å². The molecule has 0 aromatic heterocycles. The predicted octanol–water partition coefficient (Wildman–Crippen LogP) is 5.06. The number of halogens is 1. The van der Waals surface area contributed by atoms with E-state index in [0.29, 0.717) is 34.7 Å². The number of Topliss-reactive ketones (excluding diaryl/α,β-unsaturated/α-hetero) is 1. The molecule has 0 bridgehead atoms. The lowest BCUT2D eigenvalue weighted by molar-refractivity contribution is -0.125. The van der Waals surface area contributed by atoms with Gasteiger partial charge in [-0.1, -0.05) is 23.7 Å². The van der Waals surface area contributed by atoms with Gasteiger partial charge in [-0.3, -0.25) is 4.79 Å². The summed E-state index contributed by atoms with van der Waals surface area (Å²) in [4.78, 5) is 25.5. The molecule has 172 valence electrons. The van der Waals surface area contributed by atoms with E-state index in [0.717, 1.165) is 11.1 Å². The van der Waals surface area contributed by atoms with Crippen molar-refractivity contribution in [2.45, 2.75) is 45.0 Å². The quantitative estimate of drug-likeness (QED) is 0.405. The first kappa shape index (κ1) is 24.2. The summed E-state index contributed by atoms with van der Waals surface area (Å²) < 4.78 is 21.8. The Morgan fingerprint density at radius 3 is 2.28 bits per heavy atom. The van der Waals surface area contributed by atoms with Gasteiger partial charge < -0.3 is 18.9 Å². The number of esters is 1. The van der Waals surface area contributed by atoms with Crippen molar-refractivity contribution in [3.8, 4) is 5.75 Å². The van der Waals surface area contributed by atoms with E-state index in [4.69, 9.17) is 30.5 Å². The van der Waals surface area contributed by atoms with Gasteiger partial charge in [0.2, 0.25) is 0 Å². The number of rotatable bonds is 8. The standard InChI is InChI=1S/C25H29ClO6/c1-14(2)32-21-13-19-17(12-20(21)26)10-11-18(23(19)27)22(25(30-4)31-5)15-6-8-16(9-7-15)24(28)29-3/h6-9,12-14,18,22,25H,10-11H2,1-5H3. The van der Waals surface area contributed by atoms with Crippen molar-refractivity contribution in [3.63, 3.8) is 0 Å². The summed E-state index contributed by atoms with van der Waals surface area (Å²) in [6, 6.07) is 10.6. The number of carbonyl (C=O) groups is 2. The van der Waals surface area contributed by atoms with E-state index in [2.05, 4.69) is 0 Å². The molecule has 1 aliphatic carbocycles. The third-order valence-corrected chi connectivity index (χ3v) is 6.05. The van der Waals surface area contributed by atoms with Crippen molar-refractivity contribution in [3.05, 3.63) is 63.7 Å². The predicted molar refractivity (Wildman–Crippen MR) is 122 cm³/mol. The number of hydrogen-bond acceptors (Lipinski definition) is 6. The molecule has 0 saturated heterocycles. The summed E-state index contributed by atoms with van der Waals surface area (Å²) in [5.41, 5.74) is 2.81. The lowest BCUT2D eigenvalue weighted by Crippen LogP contribution is -2.36. The van der Waals surface area contributed by atoms with Gasteiger partial charge in [0, 0.05) is 31.6 Å². The van der Waals surface area contributed by atoms with Gasteiger partial charge in [0.1, 0.15) is 5.75 Å². The molecule has 3 rings (SSSR count). The first-order valence-corrected chi connectivity index (χ1v) is 11.0. The molecule has 1 aliphatic rings. The summed E-state index contributed by atoms with van der Waals surface area (Å²) in [7, 11) is 4.45. The fourth-order valence-corrected chi connectivity index (χ4v) is 4.52. The first-order chi connectivity index (χ1) is 15.3. The van der Waals surface area contributed by atoms with Crippen molar-refractivity contribution in [2.24, 2.45) is 5.92 Å². The molecule has 0 N–H and O–H groups in total. The minimum absolute atomic E-state index is 0.00216. The van der Waals surface area contributed by atoms with Crippen LogP contribution in [0.3, 0.4) is 0 Å². The summed E-state index contributed by atoms with van der Waals surface area (Å²) in [5, 5.41) is 0.505. The summed E-state index contributed by atoms with van der Waals surface area (Å²) in [5.74, 6) is -0.645. The van der Waals surface area contributed by atoms with Gasteiger partial charge >= 0.3 is 5.97 Å². The fourth-order valence-electron chi connectivity index (χ4n) is 4.29. The van der Waals surface area contributed by atoms with Crippen LogP contribution in [0.2, 0.25) is 5.02 Å². The van der Waals surface area contributed by atoms with E-state index < -0.39 is 12.3 Å². The van der Waals surface area contributed by atoms with Crippen LogP contribution in [0.5, 0.6) is 5.75 Å². The first-order valence-electron chi connectivity index (χ1n) is 10.6. The maximum absolute atomic E-state index is 13.7. The third-order valence-electron chi connectivity index (χ3n) is 5.76. The molecular weight excluding hydrogens is 432 g/mol. The Bertz CT molecular complexity index is 965. The molecule has 0 fully saturated rings. The van der Waals surface area contributed by atoms with Gasteiger partial charge in [-0.2, -0.15) is 0 Å². The molecule has 0 spiro atoms. The molecule has 7 heteroatoms. The maximum atomic E-state index is 13.7. The monoisotopic (exact) mass is 460 g/mol. The van der Waals surface area contributed by atoms with Crippen LogP contribution in [0.15, 0.2) is 36.4 Å². The highest BCUT2D eigenvalue weighted by atomic mass is 35.5. The number of fused-ring (bicyclic) bond motifs is 1. The lowest BCUT2D eigenvalue weighted by atomic mass is 9.73. The van der Waals surface area contributed by atoms with Gasteiger partial charge in [0.15, 0.2) is 12.1 Å². The molecule has 2 atom stereocenters. The van der Waals surface area contributed by atoms with Crippen LogP contribution in [0, 0.1) is 5.92 Å². The van der Waals surface area contributed by atoms with Crippen LogP contribution in [0.25, 0.3) is 0 Å². The van der Waals surface area contributed by atoms with Crippen LogP contribution >= 0.6 is 11.6 Å². The molecule has 6 nitrogen and oxygen atoms in total. The van der Waals surface area contributed by atoms with Crippen LogP contribution in [0.4, 0.5) is 0 Å². The highest BCUT2D eigenvalue weighted by Crippen LogP contribution is 2.41. The van der Waals surface area contributed by atoms with Crippen molar-refractivity contribution >= 4 is 23.4 Å². The number of benzene rings is 2.